The fourth-order valence-corrected chi connectivity index (χ4v) is 2.63. The summed E-state index contributed by atoms with van der Waals surface area (Å²) in [6.07, 6.45) is 4.06. The Balaban J connectivity index is 1.73. The first-order valence-corrected chi connectivity index (χ1v) is 7.12. The summed E-state index contributed by atoms with van der Waals surface area (Å²) in [6.45, 7) is 1.67. The molecule has 2 N–H and O–H groups in total. The second-order valence-electron chi connectivity index (χ2n) is 5.37. The van der Waals surface area contributed by atoms with E-state index in [2.05, 4.69) is 22.8 Å². The Bertz CT molecular complexity index is 482. The summed E-state index contributed by atoms with van der Waals surface area (Å²) in [5.41, 5.74) is 3.48. The average Bonchev–Trinajstić information content (AvgIpc) is 3.25. The van der Waals surface area contributed by atoms with Gasteiger partial charge in [0.15, 0.2) is 0 Å². The van der Waals surface area contributed by atoms with Crippen LogP contribution in [0, 0.1) is 0 Å². The lowest BCUT2D eigenvalue weighted by Gasteiger charge is -2.30. The smallest absolute Gasteiger partial charge is 0.227 e. The summed E-state index contributed by atoms with van der Waals surface area (Å²) >= 11 is 0. The Morgan fingerprint density at radius 3 is 2.89 bits per heavy atom. The fourth-order valence-electron chi connectivity index (χ4n) is 2.63. The van der Waals surface area contributed by atoms with Crippen LogP contribution < -0.4 is 15.5 Å². The van der Waals surface area contributed by atoms with Gasteiger partial charge in [-0.2, -0.15) is 0 Å². The molecular formula is C15H21N3O. The predicted molar refractivity (Wildman–Crippen MR) is 77.7 cm³/mol. The molecular weight excluding hydrogens is 238 g/mol. The molecule has 1 aliphatic carbocycles. The largest absolute Gasteiger partial charge is 0.388 e. The average molecular weight is 259 g/mol. The number of nitrogens with one attached hydrogen (secondary N) is 2. The van der Waals surface area contributed by atoms with Crippen molar-refractivity contribution in [3.05, 3.63) is 23.8 Å². The summed E-state index contributed by atoms with van der Waals surface area (Å²) in [4.78, 5) is 14.0. The molecule has 0 unspecified atom stereocenters. The van der Waals surface area contributed by atoms with Crippen LogP contribution in [0.1, 0.15) is 24.8 Å². The number of amides is 1. The van der Waals surface area contributed by atoms with Crippen LogP contribution in [0.25, 0.3) is 0 Å². The van der Waals surface area contributed by atoms with Crippen molar-refractivity contribution in [1.29, 1.82) is 0 Å². The molecule has 1 aromatic carbocycles. The van der Waals surface area contributed by atoms with Crippen LogP contribution >= 0.6 is 0 Å². The van der Waals surface area contributed by atoms with E-state index in [9.17, 15) is 4.79 Å². The van der Waals surface area contributed by atoms with Crippen LogP contribution in [0.4, 0.5) is 11.4 Å². The van der Waals surface area contributed by atoms with Gasteiger partial charge < -0.3 is 15.5 Å². The van der Waals surface area contributed by atoms with E-state index in [1.165, 1.54) is 18.4 Å². The molecule has 1 heterocycles. The van der Waals surface area contributed by atoms with Gasteiger partial charge in [0.05, 0.1) is 0 Å². The van der Waals surface area contributed by atoms with Crippen LogP contribution in [0.3, 0.4) is 0 Å². The van der Waals surface area contributed by atoms with Crippen molar-refractivity contribution in [2.24, 2.45) is 0 Å². The summed E-state index contributed by atoms with van der Waals surface area (Å²) in [7, 11) is 1.92. The van der Waals surface area contributed by atoms with Crippen LogP contribution in [0.5, 0.6) is 0 Å². The molecule has 2 aliphatic rings. The van der Waals surface area contributed by atoms with Crippen molar-refractivity contribution in [2.45, 2.75) is 31.7 Å². The third-order valence-electron chi connectivity index (χ3n) is 3.91. The van der Waals surface area contributed by atoms with Gasteiger partial charge in [-0.1, -0.05) is 0 Å². The minimum atomic E-state index is 0.252. The topological polar surface area (TPSA) is 44.4 Å². The van der Waals surface area contributed by atoms with E-state index in [-0.39, 0.29) is 5.91 Å². The van der Waals surface area contributed by atoms with Gasteiger partial charge in [-0.15, -0.1) is 0 Å². The Morgan fingerprint density at radius 2 is 2.16 bits per heavy atom. The second kappa shape index (κ2) is 5.21. The summed E-state index contributed by atoms with van der Waals surface area (Å²) in [5, 5.41) is 6.63. The number of hydrogen-bond donors (Lipinski definition) is 2. The number of carbonyl (C=O) groups excluding carboxylic acids is 1. The van der Waals surface area contributed by atoms with Crippen LogP contribution in [-0.2, 0) is 11.2 Å². The van der Waals surface area contributed by atoms with Crippen molar-refractivity contribution in [3.8, 4) is 0 Å². The van der Waals surface area contributed by atoms with Crippen molar-refractivity contribution in [3.63, 3.8) is 0 Å². The number of anilines is 2. The Labute approximate surface area is 114 Å². The normalized spacial score (nSPS) is 18.4. The monoisotopic (exact) mass is 259 g/mol. The van der Waals surface area contributed by atoms with E-state index < -0.39 is 0 Å². The van der Waals surface area contributed by atoms with E-state index >= 15 is 0 Å². The molecule has 1 fully saturated rings. The minimum absolute atomic E-state index is 0.252. The van der Waals surface area contributed by atoms with Gasteiger partial charge in [-0.05, 0) is 43.0 Å². The highest BCUT2D eigenvalue weighted by atomic mass is 16.2. The van der Waals surface area contributed by atoms with E-state index in [0.29, 0.717) is 12.5 Å². The quantitative estimate of drug-likeness (QED) is 0.847. The van der Waals surface area contributed by atoms with E-state index in [4.69, 9.17) is 0 Å². The van der Waals surface area contributed by atoms with Gasteiger partial charge in [-0.25, -0.2) is 0 Å². The molecule has 0 saturated heterocycles. The predicted octanol–water partition coefficient (Wildman–Crippen LogP) is 1.76. The van der Waals surface area contributed by atoms with E-state index in [1.54, 1.807) is 0 Å². The molecule has 1 aromatic rings. The number of rotatable bonds is 5. The van der Waals surface area contributed by atoms with Gasteiger partial charge in [0.1, 0.15) is 0 Å². The van der Waals surface area contributed by atoms with Crippen LogP contribution in [0.2, 0.25) is 0 Å². The van der Waals surface area contributed by atoms with Gasteiger partial charge in [0.25, 0.3) is 0 Å². The number of aryl methyl sites for hydroxylation is 1. The van der Waals surface area contributed by atoms with Gasteiger partial charge in [-0.3, -0.25) is 4.79 Å². The SMILES string of the molecule is CNc1ccc2c(c1)CCC(=O)N2CCNC1CC1. The summed E-state index contributed by atoms with van der Waals surface area (Å²) in [5.74, 6) is 0.252. The number of benzene rings is 1. The highest BCUT2D eigenvalue weighted by molar-refractivity contribution is 5.96. The minimum Gasteiger partial charge on any atom is -0.388 e. The maximum absolute atomic E-state index is 12.1. The molecule has 4 nitrogen and oxygen atoms in total. The number of hydrogen-bond acceptors (Lipinski definition) is 3. The van der Waals surface area contributed by atoms with E-state index in [0.717, 1.165) is 30.9 Å². The Morgan fingerprint density at radius 1 is 1.32 bits per heavy atom. The number of fused-ring (bicyclic) bond motifs is 1. The highest BCUT2D eigenvalue weighted by Crippen LogP contribution is 2.30. The molecule has 4 heteroatoms. The van der Waals surface area contributed by atoms with Gasteiger partial charge in [0.2, 0.25) is 5.91 Å². The molecule has 19 heavy (non-hydrogen) atoms. The van der Waals surface area contributed by atoms with Crippen LogP contribution in [-0.4, -0.2) is 32.1 Å². The van der Waals surface area contributed by atoms with E-state index in [1.807, 2.05) is 18.0 Å². The lowest BCUT2D eigenvalue weighted by molar-refractivity contribution is -0.118. The van der Waals surface area contributed by atoms with Crippen molar-refractivity contribution in [1.82, 2.24) is 5.32 Å². The Hall–Kier alpha value is -1.55. The molecule has 102 valence electrons. The lowest BCUT2D eigenvalue weighted by atomic mass is 10.0. The lowest BCUT2D eigenvalue weighted by Crippen LogP contribution is -2.40. The molecule has 0 bridgehead atoms. The third kappa shape index (κ3) is 2.73. The van der Waals surface area contributed by atoms with Gasteiger partial charge in [0, 0.05) is 44.0 Å². The number of nitrogens with zero attached hydrogens (tertiary/aromatic N) is 1. The molecule has 1 amide bonds. The van der Waals surface area contributed by atoms with Gasteiger partial charge >= 0.3 is 0 Å². The maximum Gasteiger partial charge on any atom is 0.227 e. The maximum atomic E-state index is 12.1. The number of carbonyl (C=O) groups is 1. The third-order valence-corrected chi connectivity index (χ3v) is 3.91. The highest BCUT2D eigenvalue weighted by Gasteiger charge is 2.25. The fraction of sp³-hybridized carbons (Fsp3) is 0.533. The zero-order valence-corrected chi connectivity index (χ0v) is 11.4. The van der Waals surface area contributed by atoms with Crippen molar-refractivity contribution >= 4 is 17.3 Å². The summed E-state index contributed by atoms with van der Waals surface area (Å²) < 4.78 is 0. The first kappa shape index (κ1) is 12.5. The first-order chi connectivity index (χ1) is 9.28. The standard InChI is InChI=1S/C15H21N3O/c1-16-13-5-6-14-11(10-13)2-7-15(19)18(14)9-8-17-12-3-4-12/h5-6,10,12,16-17H,2-4,7-9H2,1H3. The molecule has 0 aromatic heterocycles. The zero-order chi connectivity index (χ0) is 13.2. The van der Waals surface area contributed by atoms with Crippen molar-refractivity contribution in [2.75, 3.05) is 30.4 Å². The molecule has 1 aliphatic heterocycles. The van der Waals surface area contributed by atoms with Crippen molar-refractivity contribution < 1.29 is 4.79 Å². The van der Waals surface area contributed by atoms with Crippen LogP contribution in [0.15, 0.2) is 18.2 Å². The zero-order valence-electron chi connectivity index (χ0n) is 11.4. The first-order valence-electron chi connectivity index (χ1n) is 7.12. The molecule has 0 radical (unpaired) electrons. The summed E-state index contributed by atoms with van der Waals surface area (Å²) in [6, 6.07) is 6.96. The molecule has 1 saturated carbocycles. The molecule has 0 atom stereocenters. The Kier molecular flexibility index (Phi) is 3.42. The molecule has 0 spiro atoms. The second-order valence-corrected chi connectivity index (χ2v) is 5.37. The molecule has 3 rings (SSSR count).